The summed E-state index contributed by atoms with van der Waals surface area (Å²) >= 11 is 7.70. The highest BCUT2D eigenvalue weighted by atomic mass is 35.5. The van der Waals surface area contributed by atoms with Gasteiger partial charge in [-0.05, 0) is 42.7 Å². The lowest BCUT2D eigenvalue weighted by Crippen LogP contribution is -2.31. The lowest BCUT2D eigenvalue weighted by molar-refractivity contribution is 0.0834. The number of ether oxygens (including phenoxy) is 1. The minimum Gasteiger partial charge on any atom is -0.455 e. The van der Waals surface area contributed by atoms with Crippen LogP contribution in [0.1, 0.15) is 34.7 Å². The fraction of sp³-hybridized carbons (Fsp3) is 0.389. The van der Waals surface area contributed by atoms with Crippen LogP contribution in [0.2, 0.25) is 5.02 Å². The average Bonchev–Trinajstić information content (AvgIpc) is 3.24. The summed E-state index contributed by atoms with van der Waals surface area (Å²) in [5.41, 5.74) is 1.17. The van der Waals surface area contributed by atoms with Crippen LogP contribution < -0.4 is 5.32 Å². The van der Waals surface area contributed by atoms with Gasteiger partial charge < -0.3 is 14.5 Å². The molecule has 1 aromatic carbocycles. The first-order valence-electron chi connectivity index (χ1n) is 8.01. The van der Waals surface area contributed by atoms with Crippen molar-refractivity contribution in [3.63, 3.8) is 0 Å². The molecule has 0 aliphatic carbocycles. The highest BCUT2D eigenvalue weighted by Crippen LogP contribution is 2.21. The summed E-state index contributed by atoms with van der Waals surface area (Å²) in [6.07, 6.45) is 2.20. The maximum atomic E-state index is 12.1. The Morgan fingerprint density at radius 1 is 1.29 bits per heavy atom. The first-order chi connectivity index (χ1) is 11.7. The maximum Gasteiger partial charge on any atom is 0.287 e. The van der Waals surface area contributed by atoms with Gasteiger partial charge in [-0.3, -0.25) is 4.79 Å². The molecule has 0 bridgehead atoms. The van der Waals surface area contributed by atoms with E-state index in [4.69, 9.17) is 20.8 Å². The zero-order valence-electron chi connectivity index (χ0n) is 13.3. The smallest absolute Gasteiger partial charge is 0.287 e. The van der Waals surface area contributed by atoms with E-state index in [9.17, 15) is 4.79 Å². The van der Waals surface area contributed by atoms with Crippen molar-refractivity contribution in [3.8, 4) is 0 Å². The molecule has 2 aromatic rings. The molecule has 0 unspecified atom stereocenters. The minimum atomic E-state index is -0.184. The van der Waals surface area contributed by atoms with Gasteiger partial charge in [-0.15, -0.1) is 11.8 Å². The Bertz CT molecular complexity index is 682. The van der Waals surface area contributed by atoms with Gasteiger partial charge in [0.1, 0.15) is 5.76 Å². The molecule has 2 heterocycles. The highest BCUT2D eigenvalue weighted by Gasteiger charge is 2.18. The number of amides is 1. The van der Waals surface area contributed by atoms with Crippen LogP contribution in [-0.4, -0.2) is 25.2 Å². The summed E-state index contributed by atoms with van der Waals surface area (Å²) in [5.74, 6) is 2.53. The summed E-state index contributed by atoms with van der Waals surface area (Å²) in [4.78, 5) is 12.1. The third-order valence-corrected chi connectivity index (χ3v) is 5.06. The first kappa shape index (κ1) is 17.4. The van der Waals surface area contributed by atoms with E-state index < -0.39 is 0 Å². The summed E-state index contributed by atoms with van der Waals surface area (Å²) in [5, 5.41) is 3.61. The van der Waals surface area contributed by atoms with E-state index >= 15 is 0 Å². The molecule has 1 aliphatic heterocycles. The van der Waals surface area contributed by atoms with Crippen molar-refractivity contribution in [2.75, 3.05) is 13.2 Å². The Labute approximate surface area is 150 Å². The van der Waals surface area contributed by atoms with Crippen molar-refractivity contribution in [1.82, 2.24) is 5.32 Å². The second-order valence-corrected chi connectivity index (χ2v) is 7.16. The topological polar surface area (TPSA) is 51.5 Å². The van der Waals surface area contributed by atoms with E-state index in [1.54, 1.807) is 17.8 Å². The number of rotatable bonds is 7. The third-order valence-electron chi connectivity index (χ3n) is 3.80. The Morgan fingerprint density at radius 3 is 3.00 bits per heavy atom. The highest BCUT2D eigenvalue weighted by molar-refractivity contribution is 7.97. The van der Waals surface area contributed by atoms with E-state index in [1.807, 2.05) is 30.3 Å². The van der Waals surface area contributed by atoms with E-state index in [-0.39, 0.29) is 12.0 Å². The fourth-order valence-electron chi connectivity index (χ4n) is 2.57. The molecule has 1 N–H and O–H groups in total. The minimum absolute atomic E-state index is 0.136. The monoisotopic (exact) mass is 365 g/mol. The molecule has 3 rings (SSSR count). The van der Waals surface area contributed by atoms with Crippen LogP contribution in [0.3, 0.4) is 0 Å². The number of nitrogens with one attached hydrogen (secondary N) is 1. The molecule has 1 saturated heterocycles. The Hall–Kier alpha value is -1.43. The Kier molecular flexibility index (Phi) is 6.24. The number of hydrogen-bond acceptors (Lipinski definition) is 4. The van der Waals surface area contributed by atoms with Crippen LogP contribution in [0.4, 0.5) is 0 Å². The van der Waals surface area contributed by atoms with Crippen LogP contribution >= 0.6 is 23.4 Å². The van der Waals surface area contributed by atoms with Gasteiger partial charge >= 0.3 is 0 Å². The normalized spacial score (nSPS) is 17.1. The molecular weight excluding hydrogens is 346 g/mol. The van der Waals surface area contributed by atoms with Crippen molar-refractivity contribution in [2.24, 2.45) is 0 Å². The molecule has 1 amide bonds. The Morgan fingerprint density at radius 2 is 2.21 bits per heavy atom. The SMILES string of the molecule is O=C(NC[C@H]1CCCO1)c1ccc(CSCc2cccc(Cl)c2)o1. The summed E-state index contributed by atoms with van der Waals surface area (Å²) in [6, 6.07) is 11.4. The number of thioether (sulfide) groups is 1. The van der Waals surface area contributed by atoms with Crippen molar-refractivity contribution < 1.29 is 13.9 Å². The summed E-state index contributed by atoms with van der Waals surface area (Å²) in [6.45, 7) is 1.33. The quantitative estimate of drug-likeness (QED) is 0.795. The largest absolute Gasteiger partial charge is 0.455 e. The van der Waals surface area contributed by atoms with E-state index in [2.05, 4.69) is 5.32 Å². The molecule has 0 saturated carbocycles. The summed E-state index contributed by atoms with van der Waals surface area (Å²) < 4.78 is 11.1. The van der Waals surface area contributed by atoms with Gasteiger partial charge in [0, 0.05) is 23.9 Å². The second-order valence-electron chi connectivity index (χ2n) is 5.73. The van der Waals surface area contributed by atoms with E-state index in [0.29, 0.717) is 18.1 Å². The number of carbonyl (C=O) groups excluding carboxylic acids is 1. The molecule has 0 radical (unpaired) electrons. The fourth-order valence-corrected chi connectivity index (χ4v) is 3.66. The van der Waals surface area contributed by atoms with E-state index in [1.165, 1.54) is 5.56 Å². The maximum absolute atomic E-state index is 12.1. The van der Waals surface area contributed by atoms with Crippen molar-refractivity contribution >= 4 is 29.3 Å². The van der Waals surface area contributed by atoms with Gasteiger partial charge in [0.05, 0.1) is 11.9 Å². The zero-order chi connectivity index (χ0) is 16.8. The lowest BCUT2D eigenvalue weighted by atomic mass is 10.2. The van der Waals surface area contributed by atoms with Crippen LogP contribution in [-0.2, 0) is 16.2 Å². The lowest BCUT2D eigenvalue weighted by Gasteiger charge is -2.09. The van der Waals surface area contributed by atoms with Gasteiger partial charge in [-0.1, -0.05) is 23.7 Å². The number of hydrogen-bond donors (Lipinski definition) is 1. The predicted molar refractivity (Wildman–Crippen MR) is 96.5 cm³/mol. The molecule has 1 fully saturated rings. The molecule has 24 heavy (non-hydrogen) atoms. The summed E-state index contributed by atoms with van der Waals surface area (Å²) in [7, 11) is 0. The number of furan rings is 1. The van der Waals surface area contributed by atoms with Crippen LogP contribution in [0, 0.1) is 0 Å². The number of benzene rings is 1. The average molecular weight is 366 g/mol. The van der Waals surface area contributed by atoms with Crippen LogP contribution in [0.25, 0.3) is 0 Å². The molecular formula is C18H20ClNO3S. The number of halogens is 1. The van der Waals surface area contributed by atoms with Gasteiger partial charge in [0.2, 0.25) is 0 Å². The van der Waals surface area contributed by atoms with Crippen molar-refractivity contribution in [1.29, 1.82) is 0 Å². The molecule has 1 atom stereocenters. The molecule has 6 heteroatoms. The van der Waals surface area contributed by atoms with Gasteiger partial charge in [-0.25, -0.2) is 0 Å². The van der Waals surface area contributed by atoms with E-state index in [0.717, 1.165) is 36.0 Å². The molecule has 4 nitrogen and oxygen atoms in total. The standard InChI is InChI=1S/C18H20ClNO3S/c19-14-4-1-3-13(9-14)11-24-12-16-6-7-17(23-16)18(21)20-10-15-5-2-8-22-15/h1,3-4,6-7,9,15H,2,5,8,10-12H2,(H,20,21)/t15-/m1/s1. The molecule has 0 spiro atoms. The number of carbonyl (C=O) groups is 1. The predicted octanol–water partition coefficient (Wildman–Crippen LogP) is 4.28. The zero-order valence-corrected chi connectivity index (χ0v) is 14.9. The van der Waals surface area contributed by atoms with Crippen molar-refractivity contribution in [3.05, 3.63) is 58.5 Å². The van der Waals surface area contributed by atoms with Crippen LogP contribution in [0.15, 0.2) is 40.8 Å². The van der Waals surface area contributed by atoms with Gasteiger partial charge in [-0.2, -0.15) is 0 Å². The molecule has 1 aromatic heterocycles. The third kappa shape index (κ3) is 5.03. The second kappa shape index (κ2) is 8.60. The van der Waals surface area contributed by atoms with Gasteiger partial charge in [0.25, 0.3) is 5.91 Å². The molecule has 128 valence electrons. The molecule has 1 aliphatic rings. The first-order valence-corrected chi connectivity index (χ1v) is 9.54. The Balaban J connectivity index is 1.43. The van der Waals surface area contributed by atoms with Gasteiger partial charge in [0.15, 0.2) is 5.76 Å². The van der Waals surface area contributed by atoms with Crippen LogP contribution in [0.5, 0.6) is 0 Å². The van der Waals surface area contributed by atoms with Crippen molar-refractivity contribution in [2.45, 2.75) is 30.5 Å².